The van der Waals surface area contributed by atoms with E-state index in [2.05, 4.69) is 19.5 Å². The highest BCUT2D eigenvalue weighted by molar-refractivity contribution is 6.43. The number of oxime groups is 1. The molecule has 12 heteroatoms. The Bertz CT molecular complexity index is 949. The van der Waals surface area contributed by atoms with Gasteiger partial charge >= 0.3 is 18.5 Å². The van der Waals surface area contributed by atoms with Gasteiger partial charge in [-0.3, -0.25) is 0 Å². The number of alkyl halides is 4. The van der Waals surface area contributed by atoms with Crippen LogP contribution in [0.25, 0.3) is 0 Å². The van der Waals surface area contributed by atoms with Crippen LogP contribution in [0, 0.1) is 0 Å². The second-order valence-corrected chi connectivity index (χ2v) is 6.55. The highest BCUT2D eigenvalue weighted by Gasteiger charge is 2.45. The van der Waals surface area contributed by atoms with Gasteiger partial charge in [0.05, 0.1) is 17.2 Å². The van der Waals surface area contributed by atoms with Crippen LogP contribution in [0.2, 0.25) is 10.0 Å². The molecule has 31 heavy (non-hydrogen) atoms. The van der Waals surface area contributed by atoms with Gasteiger partial charge in [-0.2, -0.15) is 17.6 Å². The summed E-state index contributed by atoms with van der Waals surface area (Å²) in [6, 6.07) is 8.67. The summed E-state index contributed by atoms with van der Waals surface area (Å²) >= 11 is 11.7. The van der Waals surface area contributed by atoms with Crippen molar-refractivity contribution in [3.05, 3.63) is 57.6 Å². The molecule has 0 unspecified atom stereocenters. The van der Waals surface area contributed by atoms with Crippen molar-refractivity contribution in [2.75, 3.05) is 14.2 Å². The highest BCUT2D eigenvalue weighted by Crippen LogP contribution is 2.40. The van der Waals surface area contributed by atoms with Gasteiger partial charge in [0, 0.05) is 17.7 Å². The normalized spacial score (nSPS) is 12.0. The van der Waals surface area contributed by atoms with Crippen molar-refractivity contribution < 1.29 is 41.4 Å². The summed E-state index contributed by atoms with van der Waals surface area (Å²) in [5.74, 6) is -1.54. The molecule has 0 aliphatic carbocycles. The predicted octanol–water partition coefficient (Wildman–Crippen LogP) is 5.33. The lowest BCUT2D eigenvalue weighted by Gasteiger charge is -2.19. The number of methoxy groups -OCH3 is 1. The van der Waals surface area contributed by atoms with Gasteiger partial charge in [0.25, 0.3) is 0 Å². The van der Waals surface area contributed by atoms with E-state index in [0.29, 0.717) is 11.1 Å². The lowest BCUT2D eigenvalue weighted by atomic mass is 10.0. The standard InChI is InChI=1S/C19H15Cl2F4NO5/c1-28-17(27)15(26-29-2)12-6-4-3-5-10(12)9-30-11-7-13(20)16(14(21)8-11)31-19(24,25)18(22)23/h3-8,18H,9H2,1-2H3. The third-order valence-electron chi connectivity index (χ3n) is 3.69. The van der Waals surface area contributed by atoms with E-state index in [1.807, 2.05) is 0 Å². The Morgan fingerprint density at radius 2 is 1.74 bits per heavy atom. The molecule has 0 aliphatic heterocycles. The fraction of sp³-hybridized carbons (Fsp3) is 0.263. The number of esters is 1. The van der Waals surface area contributed by atoms with Gasteiger partial charge in [-0.1, -0.05) is 52.6 Å². The van der Waals surface area contributed by atoms with Crippen molar-refractivity contribution in [3.8, 4) is 11.5 Å². The van der Waals surface area contributed by atoms with Gasteiger partial charge in [0.1, 0.15) is 19.5 Å². The number of benzene rings is 2. The maximum atomic E-state index is 13.2. The number of hydrogen-bond acceptors (Lipinski definition) is 6. The topological polar surface area (TPSA) is 66.4 Å². The zero-order valence-electron chi connectivity index (χ0n) is 16.0. The van der Waals surface area contributed by atoms with Crippen LogP contribution in [0.5, 0.6) is 11.5 Å². The Kier molecular flexibility index (Phi) is 8.35. The van der Waals surface area contributed by atoms with Crippen molar-refractivity contribution >= 4 is 34.9 Å². The van der Waals surface area contributed by atoms with Crippen LogP contribution in [-0.4, -0.2) is 38.4 Å². The van der Waals surface area contributed by atoms with E-state index in [-0.39, 0.29) is 18.1 Å². The average molecular weight is 484 g/mol. The summed E-state index contributed by atoms with van der Waals surface area (Å²) in [6.45, 7) is -0.129. The van der Waals surface area contributed by atoms with E-state index >= 15 is 0 Å². The van der Waals surface area contributed by atoms with Gasteiger partial charge < -0.3 is 19.0 Å². The number of carbonyl (C=O) groups excluding carboxylic acids is 1. The van der Waals surface area contributed by atoms with E-state index in [9.17, 15) is 22.4 Å². The van der Waals surface area contributed by atoms with Crippen molar-refractivity contribution in [1.29, 1.82) is 0 Å². The van der Waals surface area contributed by atoms with Crippen LogP contribution in [0.15, 0.2) is 41.6 Å². The van der Waals surface area contributed by atoms with Gasteiger partial charge in [-0.25, -0.2) is 4.79 Å². The van der Waals surface area contributed by atoms with E-state index in [0.717, 1.165) is 12.1 Å². The molecular formula is C19H15Cl2F4NO5. The summed E-state index contributed by atoms with van der Waals surface area (Å²) in [6.07, 6.45) is -8.86. The number of nitrogens with zero attached hydrogens (tertiary/aromatic N) is 1. The number of carbonyl (C=O) groups is 1. The monoisotopic (exact) mass is 483 g/mol. The molecule has 0 saturated carbocycles. The van der Waals surface area contributed by atoms with Crippen LogP contribution in [0.3, 0.4) is 0 Å². The third kappa shape index (κ3) is 6.14. The molecule has 0 N–H and O–H groups in total. The first-order chi connectivity index (χ1) is 14.6. The summed E-state index contributed by atoms with van der Waals surface area (Å²) in [7, 11) is 2.44. The Labute approximate surface area is 184 Å². The van der Waals surface area contributed by atoms with Gasteiger partial charge in [0.2, 0.25) is 0 Å². The number of ether oxygens (including phenoxy) is 3. The molecule has 0 heterocycles. The van der Waals surface area contributed by atoms with E-state index in [1.54, 1.807) is 24.3 Å². The first kappa shape index (κ1) is 24.5. The molecule has 0 amide bonds. The number of halogens is 6. The maximum absolute atomic E-state index is 13.2. The highest BCUT2D eigenvalue weighted by atomic mass is 35.5. The van der Waals surface area contributed by atoms with E-state index < -0.39 is 34.3 Å². The molecule has 0 aliphatic rings. The largest absolute Gasteiger partial charge is 0.489 e. The third-order valence-corrected chi connectivity index (χ3v) is 4.25. The second-order valence-electron chi connectivity index (χ2n) is 5.74. The minimum absolute atomic E-state index is 0.0285. The smallest absolute Gasteiger partial charge is 0.461 e. The quantitative estimate of drug-likeness (QED) is 0.208. The Hall–Kier alpha value is -2.72. The predicted molar refractivity (Wildman–Crippen MR) is 104 cm³/mol. The molecule has 0 radical (unpaired) electrons. The van der Waals surface area contributed by atoms with E-state index in [1.165, 1.54) is 14.2 Å². The molecule has 2 aromatic carbocycles. The van der Waals surface area contributed by atoms with Crippen LogP contribution < -0.4 is 9.47 Å². The van der Waals surface area contributed by atoms with Gasteiger partial charge in [-0.05, 0) is 5.56 Å². The van der Waals surface area contributed by atoms with Crippen LogP contribution in [0.1, 0.15) is 11.1 Å². The van der Waals surface area contributed by atoms with Crippen LogP contribution in [0.4, 0.5) is 17.6 Å². The minimum Gasteiger partial charge on any atom is -0.489 e. The SMILES string of the molecule is CON=C(C(=O)OC)c1ccccc1COc1cc(Cl)c(OC(F)(F)C(F)F)c(Cl)c1. The first-order valence-electron chi connectivity index (χ1n) is 8.35. The molecule has 0 fully saturated rings. The average Bonchev–Trinajstić information content (AvgIpc) is 2.72. The molecule has 6 nitrogen and oxygen atoms in total. The maximum Gasteiger partial charge on any atom is 0.461 e. The van der Waals surface area contributed by atoms with Crippen LogP contribution in [-0.2, 0) is 21.0 Å². The van der Waals surface area contributed by atoms with Crippen molar-refractivity contribution in [1.82, 2.24) is 0 Å². The van der Waals surface area contributed by atoms with Gasteiger partial charge in [-0.15, -0.1) is 0 Å². The van der Waals surface area contributed by atoms with Crippen molar-refractivity contribution in [2.45, 2.75) is 19.1 Å². The number of hydrogen-bond donors (Lipinski definition) is 0. The van der Waals surface area contributed by atoms with E-state index in [4.69, 9.17) is 27.9 Å². The summed E-state index contributed by atoms with van der Waals surface area (Å²) < 4.78 is 65.2. The number of rotatable bonds is 9. The molecule has 0 atom stereocenters. The lowest BCUT2D eigenvalue weighted by molar-refractivity contribution is -0.253. The zero-order chi connectivity index (χ0) is 23.2. The fourth-order valence-electron chi connectivity index (χ4n) is 2.32. The summed E-state index contributed by atoms with van der Waals surface area (Å²) in [5, 5.41) is 2.73. The Morgan fingerprint density at radius 1 is 1.13 bits per heavy atom. The molecule has 0 bridgehead atoms. The van der Waals surface area contributed by atoms with Gasteiger partial charge in [0.15, 0.2) is 11.5 Å². The lowest BCUT2D eigenvalue weighted by Crippen LogP contribution is -2.33. The second kappa shape index (κ2) is 10.5. The van der Waals surface area contributed by atoms with Crippen molar-refractivity contribution in [2.24, 2.45) is 5.16 Å². The molecule has 0 saturated heterocycles. The molecule has 2 aromatic rings. The molecule has 2 rings (SSSR count). The molecule has 0 spiro atoms. The minimum atomic E-state index is -4.78. The van der Waals surface area contributed by atoms with Crippen LogP contribution >= 0.6 is 23.2 Å². The first-order valence-corrected chi connectivity index (χ1v) is 9.10. The van der Waals surface area contributed by atoms with Crippen molar-refractivity contribution in [3.63, 3.8) is 0 Å². The fourth-order valence-corrected chi connectivity index (χ4v) is 2.86. The summed E-state index contributed by atoms with van der Waals surface area (Å²) in [4.78, 5) is 16.7. The zero-order valence-corrected chi connectivity index (χ0v) is 17.5. The molecular weight excluding hydrogens is 469 g/mol. The Balaban J connectivity index is 2.27. The molecule has 168 valence electrons. The Morgan fingerprint density at radius 3 is 2.29 bits per heavy atom. The summed E-state index contributed by atoms with van der Waals surface area (Å²) in [5.41, 5.74) is 0.726. The molecule has 0 aromatic heterocycles.